The van der Waals surface area contributed by atoms with Crippen molar-refractivity contribution in [3.05, 3.63) is 34.9 Å². The van der Waals surface area contributed by atoms with Crippen molar-refractivity contribution < 1.29 is 9.59 Å². The minimum Gasteiger partial charge on any atom is -0.354 e. The molecule has 5 nitrogen and oxygen atoms in total. The average Bonchev–Trinajstić information content (AvgIpc) is 3.20. The first-order valence-electron chi connectivity index (χ1n) is 7.12. The fourth-order valence-electron chi connectivity index (χ4n) is 2.39. The van der Waals surface area contributed by atoms with Crippen LogP contribution in [0, 0.1) is 5.92 Å². The second-order valence-corrected chi connectivity index (χ2v) is 5.41. The summed E-state index contributed by atoms with van der Waals surface area (Å²) in [5, 5.41) is 8.92. The van der Waals surface area contributed by atoms with E-state index < -0.39 is 0 Å². The number of amides is 2. The molecule has 1 aromatic carbocycles. The molecule has 0 unspecified atom stereocenters. The van der Waals surface area contributed by atoms with Crippen LogP contribution in [0.3, 0.4) is 0 Å². The van der Waals surface area contributed by atoms with Gasteiger partial charge in [-0.2, -0.15) is 0 Å². The topological polar surface area (TPSA) is 70.2 Å². The van der Waals surface area contributed by atoms with Crippen LogP contribution in [-0.4, -0.2) is 24.9 Å². The van der Waals surface area contributed by atoms with Crippen molar-refractivity contribution >= 4 is 24.2 Å². The van der Waals surface area contributed by atoms with E-state index in [1.807, 2.05) is 18.2 Å². The first-order valence-corrected chi connectivity index (χ1v) is 7.12. The molecule has 1 saturated carbocycles. The van der Waals surface area contributed by atoms with Crippen molar-refractivity contribution in [1.82, 2.24) is 16.0 Å². The van der Waals surface area contributed by atoms with E-state index in [2.05, 4.69) is 16.0 Å². The number of benzene rings is 1. The van der Waals surface area contributed by atoms with Crippen molar-refractivity contribution in [2.24, 2.45) is 5.92 Å². The standard InChI is InChI=1S/C15H19N3O2.ClH/c19-14(10-1-2-10)17-5-6-18-15(20)11-3-4-12-8-16-9-13(12)7-11;/h3-4,7,10,16H,1-2,5-6,8-9H2,(H,17,19)(H,18,20);1H. The number of rotatable bonds is 5. The van der Waals surface area contributed by atoms with E-state index >= 15 is 0 Å². The van der Waals surface area contributed by atoms with Gasteiger partial charge in [0.05, 0.1) is 0 Å². The molecule has 3 N–H and O–H groups in total. The lowest BCUT2D eigenvalue weighted by Gasteiger charge is -2.08. The zero-order valence-corrected chi connectivity index (χ0v) is 12.6. The molecule has 1 aromatic rings. The van der Waals surface area contributed by atoms with Crippen LogP contribution in [0.5, 0.6) is 0 Å². The Labute approximate surface area is 130 Å². The second kappa shape index (κ2) is 6.91. The summed E-state index contributed by atoms with van der Waals surface area (Å²) in [6.45, 7) is 2.67. The van der Waals surface area contributed by atoms with Gasteiger partial charge >= 0.3 is 0 Å². The molecular formula is C15H20ClN3O2. The fourth-order valence-corrected chi connectivity index (χ4v) is 2.39. The van der Waals surface area contributed by atoms with Gasteiger partial charge in [0, 0.05) is 37.7 Å². The van der Waals surface area contributed by atoms with Gasteiger partial charge in [-0.05, 0) is 36.1 Å². The van der Waals surface area contributed by atoms with E-state index in [4.69, 9.17) is 0 Å². The highest BCUT2D eigenvalue weighted by molar-refractivity contribution is 5.94. The molecule has 0 radical (unpaired) electrons. The zero-order chi connectivity index (χ0) is 13.9. The van der Waals surface area contributed by atoms with Gasteiger partial charge in [0.1, 0.15) is 0 Å². The number of nitrogens with one attached hydrogen (secondary N) is 3. The maximum Gasteiger partial charge on any atom is 0.251 e. The largest absolute Gasteiger partial charge is 0.354 e. The van der Waals surface area contributed by atoms with E-state index in [-0.39, 0.29) is 30.1 Å². The molecule has 0 atom stereocenters. The van der Waals surface area contributed by atoms with Crippen LogP contribution in [0.2, 0.25) is 0 Å². The number of hydrogen-bond acceptors (Lipinski definition) is 3. The summed E-state index contributed by atoms with van der Waals surface area (Å²) < 4.78 is 0. The number of halogens is 1. The Morgan fingerprint density at radius 1 is 1.10 bits per heavy atom. The first kappa shape index (κ1) is 15.8. The lowest BCUT2D eigenvalue weighted by atomic mass is 10.1. The third-order valence-electron chi connectivity index (χ3n) is 3.76. The van der Waals surface area contributed by atoms with Gasteiger partial charge < -0.3 is 16.0 Å². The van der Waals surface area contributed by atoms with Crippen LogP contribution in [0.25, 0.3) is 0 Å². The normalized spacial score (nSPS) is 15.8. The van der Waals surface area contributed by atoms with E-state index in [1.54, 1.807) is 0 Å². The summed E-state index contributed by atoms with van der Waals surface area (Å²) >= 11 is 0. The van der Waals surface area contributed by atoms with Gasteiger partial charge in [0.15, 0.2) is 0 Å². The van der Waals surface area contributed by atoms with Crippen LogP contribution in [-0.2, 0) is 17.9 Å². The molecule has 2 amide bonds. The zero-order valence-electron chi connectivity index (χ0n) is 11.8. The molecule has 0 saturated heterocycles. The quantitative estimate of drug-likeness (QED) is 0.710. The summed E-state index contributed by atoms with van der Waals surface area (Å²) in [7, 11) is 0. The SMILES string of the molecule is Cl.O=C(NCCNC(=O)C1CC1)c1ccc2c(c1)CNC2. The summed E-state index contributed by atoms with van der Waals surface area (Å²) in [5.74, 6) is 0.248. The Kier molecular flexibility index (Phi) is 5.20. The molecule has 1 aliphatic carbocycles. The molecule has 114 valence electrons. The molecule has 1 heterocycles. The van der Waals surface area contributed by atoms with Crippen molar-refractivity contribution in [3.8, 4) is 0 Å². The van der Waals surface area contributed by atoms with Crippen LogP contribution in [0.4, 0.5) is 0 Å². The van der Waals surface area contributed by atoms with Gasteiger partial charge in [-0.15, -0.1) is 12.4 Å². The summed E-state index contributed by atoms with van der Waals surface area (Å²) in [6.07, 6.45) is 2.00. The number of carbonyl (C=O) groups excluding carboxylic acids is 2. The van der Waals surface area contributed by atoms with Gasteiger partial charge in [-0.1, -0.05) is 6.07 Å². The van der Waals surface area contributed by atoms with Crippen LogP contribution in [0.15, 0.2) is 18.2 Å². The van der Waals surface area contributed by atoms with Crippen molar-refractivity contribution in [1.29, 1.82) is 0 Å². The molecule has 0 bridgehead atoms. The Morgan fingerprint density at radius 2 is 1.81 bits per heavy atom. The molecule has 0 spiro atoms. The highest BCUT2D eigenvalue weighted by Gasteiger charge is 2.28. The number of hydrogen-bond donors (Lipinski definition) is 3. The third-order valence-corrected chi connectivity index (χ3v) is 3.76. The van der Waals surface area contributed by atoms with Crippen molar-refractivity contribution in [3.63, 3.8) is 0 Å². The Morgan fingerprint density at radius 3 is 2.57 bits per heavy atom. The second-order valence-electron chi connectivity index (χ2n) is 5.41. The molecule has 1 fully saturated rings. The predicted molar refractivity (Wildman–Crippen MR) is 82.3 cm³/mol. The lowest BCUT2D eigenvalue weighted by Crippen LogP contribution is -2.35. The van der Waals surface area contributed by atoms with Gasteiger partial charge in [0.2, 0.25) is 5.91 Å². The molecule has 1 aliphatic heterocycles. The van der Waals surface area contributed by atoms with Gasteiger partial charge in [-0.25, -0.2) is 0 Å². The van der Waals surface area contributed by atoms with E-state index in [1.165, 1.54) is 11.1 Å². The van der Waals surface area contributed by atoms with Crippen molar-refractivity contribution in [2.45, 2.75) is 25.9 Å². The summed E-state index contributed by atoms with van der Waals surface area (Å²) in [5.41, 5.74) is 3.14. The van der Waals surface area contributed by atoms with Gasteiger partial charge in [0.25, 0.3) is 5.91 Å². The number of fused-ring (bicyclic) bond motifs is 1. The Hall–Kier alpha value is -1.59. The highest BCUT2D eigenvalue weighted by Crippen LogP contribution is 2.28. The Bertz CT molecular complexity index is 544. The molecular weight excluding hydrogens is 290 g/mol. The molecule has 21 heavy (non-hydrogen) atoms. The third kappa shape index (κ3) is 3.95. The maximum absolute atomic E-state index is 12.0. The summed E-state index contributed by atoms with van der Waals surface area (Å²) in [6, 6.07) is 5.79. The van der Waals surface area contributed by atoms with E-state index in [0.29, 0.717) is 18.7 Å². The molecule has 0 aromatic heterocycles. The van der Waals surface area contributed by atoms with E-state index in [0.717, 1.165) is 25.9 Å². The van der Waals surface area contributed by atoms with Crippen molar-refractivity contribution in [2.75, 3.05) is 13.1 Å². The number of carbonyl (C=O) groups is 2. The first-order chi connectivity index (χ1) is 9.74. The van der Waals surface area contributed by atoms with Crippen LogP contribution < -0.4 is 16.0 Å². The van der Waals surface area contributed by atoms with Crippen LogP contribution >= 0.6 is 12.4 Å². The minimum atomic E-state index is -0.0830. The molecule has 3 rings (SSSR count). The Balaban J connectivity index is 0.00000161. The predicted octanol–water partition coefficient (Wildman–Crippen LogP) is 0.968. The maximum atomic E-state index is 12.0. The average molecular weight is 310 g/mol. The fraction of sp³-hybridized carbons (Fsp3) is 0.467. The van der Waals surface area contributed by atoms with Gasteiger partial charge in [-0.3, -0.25) is 9.59 Å². The smallest absolute Gasteiger partial charge is 0.251 e. The van der Waals surface area contributed by atoms with Crippen LogP contribution in [0.1, 0.15) is 34.3 Å². The highest BCUT2D eigenvalue weighted by atomic mass is 35.5. The molecule has 6 heteroatoms. The van der Waals surface area contributed by atoms with E-state index in [9.17, 15) is 9.59 Å². The lowest BCUT2D eigenvalue weighted by molar-refractivity contribution is -0.122. The summed E-state index contributed by atoms with van der Waals surface area (Å²) in [4.78, 5) is 23.4. The monoisotopic (exact) mass is 309 g/mol. The minimum absolute atomic E-state index is 0. The molecule has 2 aliphatic rings.